The summed E-state index contributed by atoms with van der Waals surface area (Å²) in [6, 6.07) is 8.74. The van der Waals surface area contributed by atoms with Crippen molar-refractivity contribution in [3.8, 4) is 0 Å². The van der Waals surface area contributed by atoms with Crippen LogP contribution in [0.15, 0.2) is 42.5 Å². The van der Waals surface area contributed by atoms with Gasteiger partial charge in [0, 0.05) is 6.04 Å². The van der Waals surface area contributed by atoms with Gasteiger partial charge in [0.25, 0.3) is 0 Å². The van der Waals surface area contributed by atoms with E-state index in [1.165, 1.54) is 18.2 Å². The molecule has 0 aromatic heterocycles. The minimum atomic E-state index is -4.38. The van der Waals surface area contributed by atoms with Gasteiger partial charge in [0.15, 0.2) is 0 Å². The molecule has 0 amide bonds. The van der Waals surface area contributed by atoms with Gasteiger partial charge in [0.2, 0.25) is 0 Å². The summed E-state index contributed by atoms with van der Waals surface area (Å²) < 4.78 is 51.3. The van der Waals surface area contributed by atoms with E-state index >= 15 is 0 Å². The fourth-order valence-electron chi connectivity index (χ4n) is 2.25. The highest BCUT2D eigenvalue weighted by Gasteiger charge is 2.30. The Labute approximate surface area is 120 Å². The highest BCUT2D eigenvalue weighted by molar-refractivity contribution is 5.32. The lowest BCUT2D eigenvalue weighted by Gasteiger charge is -2.16. The van der Waals surface area contributed by atoms with Crippen molar-refractivity contribution in [3.05, 3.63) is 70.5 Å². The van der Waals surface area contributed by atoms with Gasteiger partial charge in [-0.2, -0.15) is 13.2 Å². The summed E-state index contributed by atoms with van der Waals surface area (Å²) in [5, 5.41) is 0. The van der Waals surface area contributed by atoms with Crippen LogP contribution in [0, 0.1) is 12.7 Å². The first-order valence-electron chi connectivity index (χ1n) is 6.45. The van der Waals surface area contributed by atoms with E-state index in [0.29, 0.717) is 11.1 Å². The first-order valence-corrected chi connectivity index (χ1v) is 6.45. The zero-order chi connectivity index (χ0) is 15.6. The molecule has 0 aliphatic heterocycles. The number of hydrogen-bond donors (Lipinski definition) is 1. The smallest absolute Gasteiger partial charge is 0.324 e. The van der Waals surface area contributed by atoms with Crippen LogP contribution in [-0.2, 0) is 12.6 Å². The standard InChI is InChI=1S/C16H15F4N/c1-10-5-6-13(17)9-14(10)15(21)8-11-3-2-4-12(7-11)16(18,19)20/h2-7,9,15H,8,21H2,1H3. The van der Waals surface area contributed by atoms with Crippen LogP contribution in [0.4, 0.5) is 17.6 Å². The second kappa shape index (κ2) is 5.85. The van der Waals surface area contributed by atoms with Gasteiger partial charge in [0.05, 0.1) is 5.56 Å². The molecule has 1 atom stereocenters. The Bertz CT molecular complexity index is 634. The lowest BCUT2D eigenvalue weighted by Crippen LogP contribution is -2.15. The van der Waals surface area contributed by atoms with E-state index in [0.717, 1.165) is 17.7 Å². The second-order valence-electron chi connectivity index (χ2n) is 5.01. The average molecular weight is 297 g/mol. The third kappa shape index (κ3) is 3.82. The molecule has 2 aromatic carbocycles. The van der Waals surface area contributed by atoms with Crippen LogP contribution in [0.25, 0.3) is 0 Å². The number of halogens is 4. The molecular formula is C16H15F4N. The van der Waals surface area contributed by atoms with Crippen LogP contribution in [0.2, 0.25) is 0 Å². The Balaban J connectivity index is 2.23. The van der Waals surface area contributed by atoms with Crippen LogP contribution >= 0.6 is 0 Å². The van der Waals surface area contributed by atoms with Crippen LogP contribution in [0.1, 0.15) is 28.3 Å². The molecular weight excluding hydrogens is 282 g/mol. The highest BCUT2D eigenvalue weighted by atomic mass is 19.4. The van der Waals surface area contributed by atoms with E-state index in [1.807, 2.05) is 0 Å². The summed E-state index contributed by atoms with van der Waals surface area (Å²) in [4.78, 5) is 0. The fourth-order valence-corrected chi connectivity index (χ4v) is 2.25. The molecule has 5 heteroatoms. The summed E-state index contributed by atoms with van der Waals surface area (Å²) in [6.07, 6.45) is -4.16. The second-order valence-corrected chi connectivity index (χ2v) is 5.01. The molecule has 0 saturated carbocycles. The van der Waals surface area contributed by atoms with Crippen LogP contribution < -0.4 is 5.73 Å². The van der Waals surface area contributed by atoms with Gasteiger partial charge in [-0.1, -0.05) is 24.3 Å². The summed E-state index contributed by atoms with van der Waals surface area (Å²) >= 11 is 0. The Kier molecular flexibility index (Phi) is 4.32. The average Bonchev–Trinajstić information content (AvgIpc) is 2.41. The molecule has 2 aromatic rings. The lowest BCUT2D eigenvalue weighted by atomic mass is 9.95. The SMILES string of the molecule is Cc1ccc(F)cc1C(N)Cc1cccc(C(F)(F)F)c1. The van der Waals surface area contributed by atoms with Crippen molar-refractivity contribution >= 4 is 0 Å². The maximum atomic E-state index is 13.3. The number of aryl methyl sites for hydroxylation is 1. The van der Waals surface area contributed by atoms with Crippen molar-refractivity contribution < 1.29 is 17.6 Å². The predicted molar refractivity (Wildman–Crippen MR) is 73.2 cm³/mol. The van der Waals surface area contributed by atoms with Crippen molar-refractivity contribution in [3.63, 3.8) is 0 Å². The molecule has 1 nitrogen and oxygen atoms in total. The van der Waals surface area contributed by atoms with Gasteiger partial charge >= 0.3 is 6.18 Å². The Morgan fingerprint density at radius 2 is 1.81 bits per heavy atom. The van der Waals surface area contributed by atoms with Crippen molar-refractivity contribution in [1.29, 1.82) is 0 Å². The van der Waals surface area contributed by atoms with E-state index in [9.17, 15) is 17.6 Å². The Hall–Kier alpha value is -1.88. The van der Waals surface area contributed by atoms with E-state index in [4.69, 9.17) is 5.73 Å². The molecule has 0 heterocycles. The van der Waals surface area contributed by atoms with Gasteiger partial charge in [-0.25, -0.2) is 4.39 Å². The third-order valence-corrected chi connectivity index (χ3v) is 3.35. The zero-order valence-electron chi connectivity index (χ0n) is 11.4. The molecule has 0 spiro atoms. The van der Waals surface area contributed by atoms with Crippen molar-refractivity contribution in [2.45, 2.75) is 25.6 Å². The monoisotopic (exact) mass is 297 g/mol. The molecule has 0 saturated heterocycles. The van der Waals surface area contributed by atoms with Gasteiger partial charge in [-0.3, -0.25) is 0 Å². The van der Waals surface area contributed by atoms with Crippen LogP contribution in [0.5, 0.6) is 0 Å². The summed E-state index contributed by atoms with van der Waals surface area (Å²) in [6.45, 7) is 1.79. The fraction of sp³-hybridized carbons (Fsp3) is 0.250. The minimum absolute atomic E-state index is 0.216. The molecule has 2 N–H and O–H groups in total. The van der Waals surface area contributed by atoms with Crippen molar-refractivity contribution in [2.75, 3.05) is 0 Å². The number of benzene rings is 2. The largest absolute Gasteiger partial charge is 0.416 e. The van der Waals surface area contributed by atoms with Gasteiger partial charge in [0.1, 0.15) is 5.82 Å². The van der Waals surface area contributed by atoms with E-state index in [1.54, 1.807) is 19.1 Å². The molecule has 2 rings (SSSR count). The lowest BCUT2D eigenvalue weighted by molar-refractivity contribution is -0.137. The molecule has 0 radical (unpaired) electrons. The molecule has 0 aliphatic rings. The Morgan fingerprint density at radius 3 is 2.48 bits per heavy atom. The quantitative estimate of drug-likeness (QED) is 0.835. The highest BCUT2D eigenvalue weighted by Crippen LogP contribution is 2.30. The molecule has 1 unspecified atom stereocenters. The Morgan fingerprint density at radius 1 is 1.10 bits per heavy atom. The van der Waals surface area contributed by atoms with Gasteiger partial charge in [-0.15, -0.1) is 0 Å². The van der Waals surface area contributed by atoms with Crippen molar-refractivity contribution in [2.24, 2.45) is 5.73 Å². The zero-order valence-corrected chi connectivity index (χ0v) is 11.4. The molecule has 112 valence electrons. The molecule has 0 aliphatic carbocycles. The number of hydrogen-bond acceptors (Lipinski definition) is 1. The molecule has 0 fully saturated rings. The molecule has 21 heavy (non-hydrogen) atoms. The van der Waals surface area contributed by atoms with E-state index < -0.39 is 23.6 Å². The minimum Gasteiger partial charge on any atom is -0.324 e. The van der Waals surface area contributed by atoms with Crippen LogP contribution in [0.3, 0.4) is 0 Å². The number of nitrogens with two attached hydrogens (primary N) is 1. The first kappa shape index (κ1) is 15.5. The predicted octanol–water partition coefficient (Wildman–Crippen LogP) is 4.40. The first-order chi connectivity index (χ1) is 9.77. The van der Waals surface area contributed by atoms with Crippen molar-refractivity contribution in [1.82, 2.24) is 0 Å². The molecule has 0 bridgehead atoms. The topological polar surface area (TPSA) is 26.0 Å². The van der Waals surface area contributed by atoms with E-state index in [-0.39, 0.29) is 6.42 Å². The van der Waals surface area contributed by atoms with Gasteiger partial charge in [-0.05, 0) is 48.2 Å². The van der Waals surface area contributed by atoms with Crippen LogP contribution in [-0.4, -0.2) is 0 Å². The van der Waals surface area contributed by atoms with E-state index in [2.05, 4.69) is 0 Å². The maximum Gasteiger partial charge on any atom is 0.416 e. The maximum absolute atomic E-state index is 13.3. The summed E-state index contributed by atoms with van der Waals surface area (Å²) in [5.41, 5.74) is 7.20. The summed E-state index contributed by atoms with van der Waals surface area (Å²) in [7, 11) is 0. The number of alkyl halides is 3. The normalized spacial score (nSPS) is 13.2. The summed E-state index contributed by atoms with van der Waals surface area (Å²) in [5.74, 6) is -0.407. The van der Waals surface area contributed by atoms with Gasteiger partial charge < -0.3 is 5.73 Å². The third-order valence-electron chi connectivity index (χ3n) is 3.35. The number of rotatable bonds is 3.